The second-order valence-corrected chi connectivity index (χ2v) is 5.62. The van der Waals surface area contributed by atoms with Crippen LogP contribution in [0.5, 0.6) is 0 Å². The van der Waals surface area contributed by atoms with Crippen LogP contribution >= 0.6 is 0 Å². The van der Waals surface area contributed by atoms with E-state index in [0.29, 0.717) is 0 Å². The molecule has 0 aromatic carbocycles. The number of amidine groups is 1. The first-order valence-corrected chi connectivity index (χ1v) is 5.41. The van der Waals surface area contributed by atoms with Gasteiger partial charge in [-0.1, -0.05) is 26.0 Å². The van der Waals surface area contributed by atoms with Crippen molar-refractivity contribution in [2.24, 2.45) is 10.4 Å². The van der Waals surface area contributed by atoms with E-state index in [1.807, 2.05) is 0 Å². The van der Waals surface area contributed by atoms with Crippen molar-refractivity contribution >= 4 is 5.84 Å². The smallest absolute Gasteiger partial charge is 0.106 e. The molecule has 2 aliphatic heterocycles. The monoisotopic (exact) mass is 192 g/mol. The summed E-state index contributed by atoms with van der Waals surface area (Å²) >= 11 is 0. The predicted octanol–water partition coefficient (Wildman–Crippen LogP) is 2.47. The molecule has 0 aromatic rings. The summed E-state index contributed by atoms with van der Waals surface area (Å²) in [6.07, 6.45) is 5.60. The van der Waals surface area contributed by atoms with Gasteiger partial charge in [-0.25, -0.2) is 0 Å². The lowest BCUT2D eigenvalue weighted by Gasteiger charge is -2.32. The van der Waals surface area contributed by atoms with Crippen molar-refractivity contribution in [1.29, 1.82) is 0 Å². The Hall–Kier alpha value is -0.790. The molecule has 2 rings (SSSR count). The average molecular weight is 192 g/mol. The van der Waals surface area contributed by atoms with Gasteiger partial charge < -0.3 is 4.90 Å². The number of hydrogen-bond donors (Lipinski definition) is 0. The summed E-state index contributed by atoms with van der Waals surface area (Å²) < 4.78 is 0. The zero-order valence-corrected chi connectivity index (χ0v) is 9.67. The van der Waals surface area contributed by atoms with Crippen molar-refractivity contribution in [3.05, 3.63) is 12.2 Å². The van der Waals surface area contributed by atoms with Gasteiger partial charge in [-0.3, -0.25) is 4.99 Å². The molecule has 2 heteroatoms. The second kappa shape index (κ2) is 2.85. The van der Waals surface area contributed by atoms with Gasteiger partial charge in [0.1, 0.15) is 5.84 Å². The number of hydrogen-bond acceptors (Lipinski definition) is 2. The Morgan fingerprint density at radius 2 is 1.93 bits per heavy atom. The van der Waals surface area contributed by atoms with Gasteiger partial charge in [0.15, 0.2) is 0 Å². The van der Waals surface area contributed by atoms with Gasteiger partial charge in [0, 0.05) is 17.5 Å². The molecule has 0 radical (unpaired) electrons. The zero-order valence-electron chi connectivity index (χ0n) is 9.67. The van der Waals surface area contributed by atoms with Crippen molar-refractivity contribution in [2.45, 2.75) is 39.7 Å². The van der Waals surface area contributed by atoms with Gasteiger partial charge in [-0.2, -0.15) is 0 Å². The molecule has 0 atom stereocenters. The molecule has 0 amide bonds. The largest absolute Gasteiger partial charge is 0.351 e. The molecule has 14 heavy (non-hydrogen) atoms. The predicted molar refractivity (Wildman–Crippen MR) is 60.6 cm³/mol. The molecule has 2 nitrogen and oxygen atoms in total. The fourth-order valence-corrected chi connectivity index (χ4v) is 2.93. The summed E-state index contributed by atoms with van der Waals surface area (Å²) in [5, 5.41) is 0. The van der Waals surface area contributed by atoms with Gasteiger partial charge >= 0.3 is 0 Å². The minimum Gasteiger partial charge on any atom is -0.351 e. The van der Waals surface area contributed by atoms with Crippen LogP contribution in [0.25, 0.3) is 0 Å². The number of nitrogens with zero attached hydrogens (tertiary/aromatic N) is 2. The number of aliphatic imine (C=N–C) groups is 1. The summed E-state index contributed by atoms with van der Waals surface area (Å²) in [5.74, 6) is 1.30. The van der Waals surface area contributed by atoms with Crippen molar-refractivity contribution in [3.63, 3.8) is 0 Å². The van der Waals surface area contributed by atoms with Crippen LogP contribution in [0.15, 0.2) is 17.1 Å². The van der Waals surface area contributed by atoms with Crippen LogP contribution in [-0.2, 0) is 0 Å². The standard InChI is InChI=1S/C12H20N2/c1-11(2)9-12(3,4)14-8-6-5-7-13-10(11)14/h5-6H,7-9H2,1-4H3. The van der Waals surface area contributed by atoms with Crippen LogP contribution in [0.4, 0.5) is 0 Å². The molecule has 78 valence electrons. The van der Waals surface area contributed by atoms with E-state index in [1.165, 1.54) is 12.3 Å². The highest BCUT2D eigenvalue weighted by atomic mass is 15.3. The van der Waals surface area contributed by atoms with E-state index >= 15 is 0 Å². The van der Waals surface area contributed by atoms with Crippen LogP contribution in [0.1, 0.15) is 34.1 Å². The summed E-state index contributed by atoms with van der Waals surface area (Å²) in [7, 11) is 0. The van der Waals surface area contributed by atoms with Gasteiger partial charge in [0.2, 0.25) is 0 Å². The van der Waals surface area contributed by atoms with Gasteiger partial charge in [-0.15, -0.1) is 0 Å². The normalized spacial score (nSPS) is 28.3. The Morgan fingerprint density at radius 1 is 1.21 bits per heavy atom. The zero-order chi connectivity index (χ0) is 10.4. The lowest BCUT2D eigenvalue weighted by molar-refractivity contribution is 0.245. The average Bonchev–Trinajstić information content (AvgIpc) is 2.27. The van der Waals surface area contributed by atoms with E-state index in [1.54, 1.807) is 0 Å². The van der Waals surface area contributed by atoms with Crippen LogP contribution in [0.3, 0.4) is 0 Å². The molecule has 0 aliphatic carbocycles. The van der Waals surface area contributed by atoms with Crippen molar-refractivity contribution in [2.75, 3.05) is 13.1 Å². The molecule has 1 saturated heterocycles. The van der Waals surface area contributed by atoms with Crippen LogP contribution < -0.4 is 0 Å². The third-order valence-electron chi connectivity index (χ3n) is 3.27. The Bertz CT molecular complexity index is 297. The SMILES string of the molecule is CC1(C)CC(C)(C)N2CC=CCN=C21. The highest BCUT2D eigenvalue weighted by molar-refractivity contribution is 5.91. The minimum absolute atomic E-state index is 0.246. The summed E-state index contributed by atoms with van der Waals surface area (Å²) in [5.41, 5.74) is 0.506. The summed E-state index contributed by atoms with van der Waals surface area (Å²) in [4.78, 5) is 7.14. The highest BCUT2D eigenvalue weighted by Gasteiger charge is 2.47. The van der Waals surface area contributed by atoms with E-state index in [4.69, 9.17) is 0 Å². The molecule has 0 saturated carbocycles. The molecule has 0 spiro atoms. The molecule has 0 aromatic heterocycles. The number of fused-ring (bicyclic) bond motifs is 1. The van der Waals surface area contributed by atoms with Crippen molar-refractivity contribution in [3.8, 4) is 0 Å². The molecule has 2 aliphatic rings. The molecule has 0 bridgehead atoms. The molecule has 1 fully saturated rings. The van der Waals surface area contributed by atoms with Gasteiger partial charge in [0.25, 0.3) is 0 Å². The van der Waals surface area contributed by atoms with E-state index < -0.39 is 0 Å². The van der Waals surface area contributed by atoms with Gasteiger partial charge in [0.05, 0.1) is 6.54 Å². The van der Waals surface area contributed by atoms with E-state index in [-0.39, 0.29) is 11.0 Å². The number of rotatable bonds is 0. The first-order chi connectivity index (χ1) is 6.43. The Morgan fingerprint density at radius 3 is 2.64 bits per heavy atom. The first-order valence-electron chi connectivity index (χ1n) is 5.41. The molecule has 0 unspecified atom stereocenters. The third kappa shape index (κ3) is 1.37. The van der Waals surface area contributed by atoms with E-state index in [9.17, 15) is 0 Å². The Labute approximate surface area is 86.7 Å². The topological polar surface area (TPSA) is 15.6 Å². The molecular weight excluding hydrogens is 172 g/mol. The van der Waals surface area contributed by atoms with Crippen molar-refractivity contribution < 1.29 is 0 Å². The highest BCUT2D eigenvalue weighted by Crippen LogP contribution is 2.43. The summed E-state index contributed by atoms with van der Waals surface area (Å²) in [6.45, 7) is 11.1. The minimum atomic E-state index is 0.246. The fourth-order valence-electron chi connectivity index (χ4n) is 2.93. The molecule has 2 heterocycles. The van der Waals surface area contributed by atoms with Crippen LogP contribution in [0, 0.1) is 5.41 Å². The molecular formula is C12H20N2. The van der Waals surface area contributed by atoms with Crippen LogP contribution in [-0.4, -0.2) is 29.4 Å². The quantitative estimate of drug-likeness (QED) is 0.538. The van der Waals surface area contributed by atoms with Crippen molar-refractivity contribution in [1.82, 2.24) is 4.90 Å². The third-order valence-corrected chi connectivity index (χ3v) is 3.27. The second-order valence-electron chi connectivity index (χ2n) is 5.62. The maximum absolute atomic E-state index is 4.69. The van der Waals surface area contributed by atoms with Crippen LogP contribution in [0.2, 0.25) is 0 Å². The lowest BCUT2D eigenvalue weighted by Crippen LogP contribution is -2.41. The summed E-state index contributed by atoms with van der Waals surface area (Å²) in [6, 6.07) is 0. The maximum Gasteiger partial charge on any atom is 0.106 e. The molecule has 0 N–H and O–H groups in total. The lowest BCUT2D eigenvalue weighted by atomic mass is 9.85. The Kier molecular flexibility index (Phi) is 1.98. The van der Waals surface area contributed by atoms with E-state index in [2.05, 4.69) is 49.7 Å². The van der Waals surface area contributed by atoms with Gasteiger partial charge in [-0.05, 0) is 20.3 Å². The maximum atomic E-state index is 4.69. The van der Waals surface area contributed by atoms with E-state index in [0.717, 1.165) is 13.1 Å². The fraction of sp³-hybridized carbons (Fsp3) is 0.750. The first kappa shape index (κ1) is 9.75. The Balaban J connectivity index is 2.41.